The van der Waals surface area contributed by atoms with Gasteiger partial charge in [-0.15, -0.1) is 0 Å². The van der Waals surface area contributed by atoms with Gasteiger partial charge in [0.25, 0.3) is 11.8 Å². The number of carbonyl (C=O) groups excluding carboxylic acids is 2. The summed E-state index contributed by atoms with van der Waals surface area (Å²) in [6.45, 7) is 4.99. The molecule has 2 aromatic carbocycles. The Hall–Kier alpha value is -4.47. The SMILES string of the molecule is CCn1ncc(CN(C)C(=O)c2nc(-c3cc(O)cc(C(=O)NC)c3)nc3ccc(O)cc23)c1C. The topological polar surface area (TPSA) is 133 Å². The van der Waals surface area contributed by atoms with Crippen molar-refractivity contribution in [3.63, 3.8) is 0 Å². The molecule has 0 unspecified atom stereocenters. The van der Waals surface area contributed by atoms with Gasteiger partial charge < -0.3 is 20.4 Å². The first-order valence-corrected chi connectivity index (χ1v) is 11.1. The van der Waals surface area contributed by atoms with Crippen LogP contribution in [0.15, 0.2) is 42.6 Å². The lowest BCUT2D eigenvalue weighted by Gasteiger charge is -2.18. The van der Waals surface area contributed by atoms with E-state index in [2.05, 4.69) is 20.4 Å². The van der Waals surface area contributed by atoms with Gasteiger partial charge >= 0.3 is 0 Å². The molecule has 4 aromatic rings. The number of fused-ring (bicyclic) bond motifs is 1. The molecule has 0 radical (unpaired) electrons. The van der Waals surface area contributed by atoms with Crippen molar-refractivity contribution in [3.8, 4) is 22.9 Å². The molecule has 2 amide bonds. The van der Waals surface area contributed by atoms with Gasteiger partial charge in [-0.3, -0.25) is 14.3 Å². The molecular weight excluding hydrogens is 448 g/mol. The fraction of sp³-hybridized carbons (Fsp3) is 0.240. The number of hydrogen-bond donors (Lipinski definition) is 3. The molecule has 180 valence electrons. The first-order chi connectivity index (χ1) is 16.7. The number of phenols is 2. The molecule has 0 fully saturated rings. The van der Waals surface area contributed by atoms with Crippen LogP contribution in [0.2, 0.25) is 0 Å². The highest BCUT2D eigenvalue weighted by molar-refractivity contribution is 6.05. The number of aryl methyl sites for hydroxylation is 1. The van der Waals surface area contributed by atoms with Crippen LogP contribution >= 0.6 is 0 Å². The molecule has 2 aromatic heterocycles. The highest BCUT2D eigenvalue weighted by Crippen LogP contribution is 2.28. The van der Waals surface area contributed by atoms with Crippen LogP contribution in [0.1, 0.15) is 39.0 Å². The van der Waals surface area contributed by atoms with Gasteiger partial charge in [0.05, 0.1) is 11.7 Å². The zero-order valence-electron chi connectivity index (χ0n) is 19.9. The number of aromatic nitrogens is 4. The third-order valence-electron chi connectivity index (χ3n) is 5.81. The quantitative estimate of drug-likeness (QED) is 0.391. The number of carbonyl (C=O) groups is 2. The van der Waals surface area contributed by atoms with E-state index in [9.17, 15) is 19.8 Å². The van der Waals surface area contributed by atoms with Gasteiger partial charge in [0.15, 0.2) is 5.82 Å². The van der Waals surface area contributed by atoms with Crippen molar-refractivity contribution in [2.75, 3.05) is 14.1 Å². The van der Waals surface area contributed by atoms with Gasteiger partial charge in [-0.2, -0.15) is 5.10 Å². The molecule has 10 nitrogen and oxygen atoms in total. The summed E-state index contributed by atoms with van der Waals surface area (Å²) in [6, 6.07) is 8.80. The molecule has 0 spiro atoms. The Labute approximate surface area is 201 Å². The number of aromatic hydroxyl groups is 2. The summed E-state index contributed by atoms with van der Waals surface area (Å²) in [6.07, 6.45) is 1.74. The Morgan fingerprint density at radius 1 is 1.09 bits per heavy atom. The number of rotatable bonds is 6. The fourth-order valence-corrected chi connectivity index (χ4v) is 3.89. The minimum absolute atomic E-state index is 0.0233. The molecule has 0 saturated heterocycles. The van der Waals surface area contributed by atoms with E-state index < -0.39 is 0 Å². The van der Waals surface area contributed by atoms with Crippen molar-refractivity contribution in [2.24, 2.45) is 0 Å². The van der Waals surface area contributed by atoms with Gasteiger partial charge in [0.2, 0.25) is 0 Å². The Balaban J connectivity index is 1.80. The number of nitrogens with zero attached hydrogens (tertiary/aromatic N) is 5. The van der Waals surface area contributed by atoms with Crippen LogP contribution in [-0.2, 0) is 13.1 Å². The average molecular weight is 475 g/mol. The van der Waals surface area contributed by atoms with Crippen LogP contribution < -0.4 is 5.32 Å². The number of nitrogens with one attached hydrogen (secondary N) is 1. The minimum atomic E-state index is -0.383. The standard InChI is InChI=1S/C25H26N6O4/c1-5-31-14(2)17(12-27-31)13-30(4)25(35)22-20-11-18(32)6-7-21(20)28-23(29-22)15-8-16(24(34)26-3)10-19(33)9-15/h6-12,32-33H,5,13H2,1-4H3,(H,26,34). The van der Waals surface area contributed by atoms with Crippen molar-refractivity contribution < 1.29 is 19.8 Å². The molecule has 0 aliphatic carbocycles. The van der Waals surface area contributed by atoms with Crippen molar-refractivity contribution >= 4 is 22.7 Å². The number of hydrogen-bond acceptors (Lipinski definition) is 7. The highest BCUT2D eigenvalue weighted by atomic mass is 16.3. The molecule has 0 saturated carbocycles. The Morgan fingerprint density at radius 2 is 1.86 bits per heavy atom. The van der Waals surface area contributed by atoms with Crippen molar-refractivity contribution in [1.82, 2.24) is 30.0 Å². The van der Waals surface area contributed by atoms with Gasteiger partial charge in [-0.1, -0.05) is 0 Å². The molecule has 3 N–H and O–H groups in total. The monoisotopic (exact) mass is 474 g/mol. The third-order valence-corrected chi connectivity index (χ3v) is 5.81. The zero-order chi connectivity index (χ0) is 25.3. The molecule has 0 aliphatic rings. The van der Waals surface area contributed by atoms with Gasteiger partial charge in [-0.05, 0) is 50.2 Å². The summed E-state index contributed by atoms with van der Waals surface area (Å²) in [7, 11) is 3.16. The Kier molecular flexibility index (Phi) is 6.37. The van der Waals surface area contributed by atoms with Crippen molar-refractivity contribution in [3.05, 3.63) is 65.1 Å². The smallest absolute Gasteiger partial charge is 0.273 e. The summed E-state index contributed by atoms with van der Waals surface area (Å²) >= 11 is 0. The molecular formula is C25H26N6O4. The lowest BCUT2D eigenvalue weighted by Crippen LogP contribution is -2.27. The van der Waals surface area contributed by atoms with E-state index in [0.29, 0.717) is 23.0 Å². The number of phenolic OH excluding ortho intramolecular Hbond substituents is 2. The van der Waals surface area contributed by atoms with Crippen molar-refractivity contribution in [1.29, 1.82) is 0 Å². The highest BCUT2D eigenvalue weighted by Gasteiger charge is 2.22. The van der Waals surface area contributed by atoms with E-state index in [0.717, 1.165) is 17.8 Å². The Bertz CT molecular complexity index is 1450. The van der Waals surface area contributed by atoms with Crippen LogP contribution in [0.5, 0.6) is 11.5 Å². The van der Waals surface area contributed by atoms with Crippen molar-refractivity contribution in [2.45, 2.75) is 26.9 Å². The molecule has 0 bridgehead atoms. The van der Waals surface area contributed by atoms with E-state index in [4.69, 9.17) is 0 Å². The van der Waals surface area contributed by atoms with Crippen LogP contribution in [0.25, 0.3) is 22.3 Å². The molecule has 4 rings (SSSR count). The second-order valence-electron chi connectivity index (χ2n) is 8.18. The maximum absolute atomic E-state index is 13.5. The lowest BCUT2D eigenvalue weighted by molar-refractivity contribution is 0.0781. The van der Waals surface area contributed by atoms with E-state index in [1.165, 1.54) is 36.2 Å². The maximum Gasteiger partial charge on any atom is 0.273 e. The molecule has 10 heteroatoms. The first kappa shape index (κ1) is 23.7. The largest absolute Gasteiger partial charge is 0.508 e. The number of benzene rings is 2. The molecule has 2 heterocycles. The molecule has 0 atom stereocenters. The second kappa shape index (κ2) is 9.41. The first-order valence-electron chi connectivity index (χ1n) is 11.1. The summed E-state index contributed by atoms with van der Waals surface area (Å²) in [5.74, 6) is -0.753. The minimum Gasteiger partial charge on any atom is -0.508 e. The summed E-state index contributed by atoms with van der Waals surface area (Å²) in [5, 5.41) is 27.5. The normalized spacial score (nSPS) is 11.0. The number of amides is 2. The Morgan fingerprint density at radius 3 is 2.54 bits per heavy atom. The fourth-order valence-electron chi connectivity index (χ4n) is 3.89. The van der Waals surface area contributed by atoms with E-state index >= 15 is 0 Å². The maximum atomic E-state index is 13.5. The van der Waals surface area contributed by atoms with Crippen LogP contribution in [0.3, 0.4) is 0 Å². The summed E-state index contributed by atoms with van der Waals surface area (Å²) in [4.78, 5) is 36.2. The van der Waals surface area contributed by atoms with Crippen LogP contribution in [-0.4, -0.2) is 60.8 Å². The van der Waals surface area contributed by atoms with E-state index in [-0.39, 0.29) is 40.4 Å². The van der Waals surface area contributed by atoms with E-state index in [1.807, 2.05) is 18.5 Å². The molecule has 0 aliphatic heterocycles. The van der Waals surface area contributed by atoms with Gasteiger partial charge in [-0.25, -0.2) is 9.97 Å². The lowest BCUT2D eigenvalue weighted by atomic mass is 10.1. The molecule has 35 heavy (non-hydrogen) atoms. The third kappa shape index (κ3) is 4.63. The van der Waals surface area contributed by atoms with Gasteiger partial charge in [0, 0.05) is 55.0 Å². The van der Waals surface area contributed by atoms with Crippen LogP contribution in [0, 0.1) is 6.92 Å². The summed E-state index contributed by atoms with van der Waals surface area (Å²) < 4.78 is 1.86. The zero-order valence-corrected chi connectivity index (χ0v) is 19.9. The predicted octanol–water partition coefficient (Wildman–Crippen LogP) is 2.86. The predicted molar refractivity (Wildman–Crippen MR) is 130 cm³/mol. The van der Waals surface area contributed by atoms with Crippen LogP contribution in [0.4, 0.5) is 0 Å². The van der Waals surface area contributed by atoms with Gasteiger partial charge in [0.1, 0.15) is 17.2 Å². The van der Waals surface area contributed by atoms with E-state index in [1.54, 1.807) is 25.4 Å². The average Bonchev–Trinajstić information content (AvgIpc) is 3.20. The second-order valence-corrected chi connectivity index (χ2v) is 8.18. The summed E-state index contributed by atoms with van der Waals surface area (Å²) in [5.41, 5.74) is 3.01.